The van der Waals surface area contributed by atoms with Gasteiger partial charge in [-0.25, -0.2) is 4.68 Å². The van der Waals surface area contributed by atoms with Gasteiger partial charge in [-0.1, -0.05) is 36.4 Å². The van der Waals surface area contributed by atoms with Gasteiger partial charge in [-0.3, -0.25) is 0 Å². The number of hydrogen-bond donors (Lipinski definition) is 0. The minimum atomic E-state index is 0.770. The minimum Gasteiger partial charge on any atom is -0.248 e. The largest absolute Gasteiger partial charge is 0.248 e. The number of aromatic nitrogens is 3. The lowest BCUT2D eigenvalue weighted by Gasteiger charge is -2.02. The fourth-order valence-electron chi connectivity index (χ4n) is 1.97. The summed E-state index contributed by atoms with van der Waals surface area (Å²) in [5.74, 6) is 2.64. The van der Waals surface area contributed by atoms with Gasteiger partial charge >= 0.3 is 0 Å². The van der Waals surface area contributed by atoms with Gasteiger partial charge in [0.05, 0.1) is 12.2 Å². The maximum atomic E-state index is 5.23. The lowest BCUT2D eigenvalue weighted by Crippen LogP contribution is -2.00. The van der Waals surface area contributed by atoms with Gasteiger partial charge in [0, 0.05) is 12.6 Å². The highest BCUT2D eigenvalue weighted by atomic mass is 15.4. The second-order valence-electron chi connectivity index (χ2n) is 4.64. The van der Waals surface area contributed by atoms with Crippen LogP contribution in [0.15, 0.2) is 30.5 Å². The van der Waals surface area contributed by atoms with Gasteiger partial charge in [-0.15, -0.1) is 17.4 Å². The van der Waals surface area contributed by atoms with Crippen LogP contribution in [0.4, 0.5) is 0 Å². The third-order valence-electron chi connectivity index (χ3n) is 3.12. The van der Waals surface area contributed by atoms with Crippen molar-refractivity contribution in [1.82, 2.24) is 15.0 Å². The monoisotopic (exact) mass is 253 g/mol. The van der Waals surface area contributed by atoms with Crippen molar-refractivity contribution in [1.29, 1.82) is 0 Å². The molecule has 0 bridgehead atoms. The average Bonchev–Trinajstić information content (AvgIpc) is 2.88. The van der Waals surface area contributed by atoms with Crippen molar-refractivity contribution >= 4 is 0 Å². The van der Waals surface area contributed by atoms with Gasteiger partial charge in [0.1, 0.15) is 0 Å². The molecule has 0 saturated heterocycles. The first-order chi connectivity index (χ1) is 9.31. The summed E-state index contributed by atoms with van der Waals surface area (Å²) in [6, 6.07) is 8.64. The summed E-state index contributed by atoms with van der Waals surface area (Å²) < 4.78 is 1.88. The molecule has 3 nitrogen and oxygen atoms in total. The van der Waals surface area contributed by atoms with E-state index in [1.807, 2.05) is 10.9 Å². The maximum Gasteiger partial charge on any atom is 0.0827 e. The van der Waals surface area contributed by atoms with Crippen molar-refractivity contribution in [2.24, 2.45) is 0 Å². The van der Waals surface area contributed by atoms with Crippen molar-refractivity contribution in [2.75, 3.05) is 0 Å². The number of nitrogens with zero attached hydrogens (tertiary/aromatic N) is 3. The third kappa shape index (κ3) is 3.96. The van der Waals surface area contributed by atoms with Gasteiger partial charge < -0.3 is 0 Å². The fourth-order valence-corrected chi connectivity index (χ4v) is 1.97. The van der Waals surface area contributed by atoms with E-state index in [1.165, 1.54) is 11.1 Å². The van der Waals surface area contributed by atoms with Crippen molar-refractivity contribution in [2.45, 2.75) is 39.2 Å². The molecule has 2 aromatic rings. The molecule has 0 atom stereocenters. The minimum absolute atomic E-state index is 0.770. The van der Waals surface area contributed by atoms with Crippen molar-refractivity contribution in [3.8, 4) is 12.3 Å². The molecule has 0 aliphatic heterocycles. The first-order valence-electron chi connectivity index (χ1n) is 6.72. The van der Waals surface area contributed by atoms with E-state index >= 15 is 0 Å². The Hall–Kier alpha value is -2.08. The van der Waals surface area contributed by atoms with Gasteiger partial charge in [0.15, 0.2) is 0 Å². The van der Waals surface area contributed by atoms with Crippen LogP contribution >= 0.6 is 0 Å². The molecule has 1 heterocycles. The Morgan fingerprint density at radius 2 is 1.95 bits per heavy atom. The molecule has 98 valence electrons. The van der Waals surface area contributed by atoms with Crippen LogP contribution in [0, 0.1) is 12.3 Å². The zero-order valence-corrected chi connectivity index (χ0v) is 11.3. The number of aryl methyl sites for hydroxylation is 2. The summed E-state index contributed by atoms with van der Waals surface area (Å²) in [5.41, 5.74) is 3.62. The van der Waals surface area contributed by atoms with Crippen LogP contribution in [0.3, 0.4) is 0 Å². The molecule has 1 aromatic heterocycles. The lowest BCUT2D eigenvalue weighted by molar-refractivity contribution is 0.649. The van der Waals surface area contributed by atoms with Crippen molar-refractivity contribution < 1.29 is 0 Å². The molecular formula is C16H19N3. The normalized spacial score (nSPS) is 10.3. The van der Waals surface area contributed by atoms with E-state index in [4.69, 9.17) is 6.42 Å². The molecule has 0 amide bonds. The highest BCUT2D eigenvalue weighted by molar-refractivity contribution is 5.22. The fraction of sp³-hybridized carbons (Fsp3) is 0.375. The van der Waals surface area contributed by atoms with E-state index < -0.39 is 0 Å². The number of rotatable bonds is 6. The highest BCUT2D eigenvalue weighted by Gasteiger charge is 2.01. The van der Waals surface area contributed by atoms with E-state index in [1.54, 1.807) is 0 Å². The van der Waals surface area contributed by atoms with Crippen molar-refractivity contribution in [3.63, 3.8) is 0 Å². The van der Waals surface area contributed by atoms with Gasteiger partial charge in [0.25, 0.3) is 0 Å². The Kier molecular flexibility index (Phi) is 4.74. The van der Waals surface area contributed by atoms with E-state index in [2.05, 4.69) is 47.4 Å². The summed E-state index contributed by atoms with van der Waals surface area (Å²) in [6.07, 6.45) is 11.0. The smallest absolute Gasteiger partial charge is 0.0827 e. The zero-order valence-electron chi connectivity index (χ0n) is 11.3. The molecule has 0 aliphatic carbocycles. The SMILES string of the molecule is C#CCCCc1cn(Cc2ccc(CC)cc2)nn1. The quantitative estimate of drug-likeness (QED) is 0.585. The highest BCUT2D eigenvalue weighted by Crippen LogP contribution is 2.07. The van der Waals surface area contributed by atoms with E-state index in [0.717, 1.165) is 37.9 Å². The van der Waals surface area contributed by atoms with Gasteiger partial charge in [-0.2, -0.15) is 0 Å². The molecule has 1 aromatic carbocycles. The van der Waals surface area contributed by atoms with Crippen LogP contribution < -0.4 is 0 Å². The van der Waals surface area contributed by atoms with Crippen LogP contribution in [0.1, 0.15) is 36.6 Å². The number of unbranched alkanes of at least 4 members (excludes halogenated alkanes) is 1. The number of terminal acetylenes is 1. The van der Waals surface area contributed by atoms with Gasteiger partial charge in [-0.05, 0) is 30.4 Å². The summed E-state index contributed by atoms with van der Waals surface area (Å²) >= 11 is 0. The standard InChI is InChI=1S/C16H19N3/c1-3-5-6-7-16-13-19(18-17-16)12-15-10-8-14(4-2)9-11-15/h1,8-11,13H,4-7,12H2,2H3. The zero-order chi connectivity index (χ0) is 13.5. The Morgan fingerprint density at radius 3 is 2.63 bits per heavy atom. The first kappa shape index (κ1) is 13.4. The third-order valence-corrected chi connectivity index (χ3v) is 3.12. The molecule has 0 spiro atoms. The molecule has 3 heteroatoms. The summed E-state index contributed by atoms with van der Waals surface area (Å²) in [7, 11) is 0. The summed E-state index contributed by atoms with van der Waals surface area (Å²) in [5, 5.41) is 8.31. The van der Waals surface area contributed by atoms with E-state index in [9.17, 15) is 0 Å². The summed E-state index contributed by atoms with van der Waals surface area (Å²) in [6.45, 7) is 2.93. The molecule has 0 radical (unpaired) electrons. The van der Waals surface area contributed by atoms with Crippen LogP contribution in [-0.4, -0.2) is 15.0 Å². The van der Waals surface area contributed by atoms with Crippen LogP contribution in [0.5, 0.6) is 0 Å². The second-order valence-corrected chi connectivity index (χ2v) is 4.64. The number of benzene rings is 1. The Bertz CT molecular complexity index is 546. The molecule has 0 unspecified atom stereocenters. The lowest BCUT2D eigenvalue weighted by atomic mass is 10.1. The molecule has 0 fully saturated rings. The van der Waals surface area contributed by atoms with Crippen LogP contribution in [0.2, 0.25) is 0 Å². The molecule has 0 N–H and O–H groups in total. The van der Waals surface area contributed by atoms with Gasteiger partial charge in [0.2, 0.25) is 0 Å². The second kappa shape index (κ2) is 6.75. The van der Waals surface area contributed by atoms with E-state index in [0.29, 0.717) is 0 Å². The first-order valence-corrected chi connectivity index (χ1v) is 6.72. The predicted octanol–water partition coefficient (Wildman–Crippen LogP) is 2.84. The molecule has 19 heavy (non-hydrogen) atoms. The predicted molar refractivity (Wildman–Crippen MR) is 76.7 cm³/mol. The van der Waals surface area contributed by atoms with Crippen molar-refractivity contribution in [3.05, 3.63) is 47.3 Å². The number of hydrogen-bond acceptors (Lipinski definition) is 2. The molecular weight excluding hydrogens is 234 g/mol. The van der Waals surface area contributed by atoms with E-state index in [-0.39, 0.29) is 0 Å². The topological polar surface area (TPSA) is 30.7 Å². The maximum absolute atomic E-state index is 5.23. The average molecular weight is 253 g/mol. The van der Waals surface area contributed by atoms with Crippen LogP contribution in [-0.2, 0) is 19.4 Å². The molecule has 2 rings (SSSR count). The summed E-state index contributed by atoms with van der Waals surface area (Å²) in [4.78, 5) is 0. The Balaban J connectivity index is 1.93. The Labute approximate surface area is 114 Å². The molecule has 0 saturated carbocycles. The Morgan fingerprint density at radius 1 is 1.21 bits per heavy atom. The van der Waals surface area contributed by atoms with Crippen LogP contribution in [0.25, 0.3) is 0 Å². The molecule has 0 aliphatic rings.